The summed E-state index contributed by atoms with van der Waals surface area (Å²) in [6.07, 6.45) is 11.8. The van der Waals surface area contributed by atoms with Crippen LogP contribution >= 0.6 is 0 Å². The molecule has 0 atom stereocenters. The van der Waals surface area contributed by atoms with Gasteiger partial charge in [0.25, 0.3) is 0 Å². The molecular formula is C16H23N5. The highest BCUT2D eigenvalue weighted by Gasteiger charge is 2.13. The van der Waals surface area contributed by atoms with E-state index in [1.807, 2.05) is 6.20 Å². The number of hydrogen-bond donors (Lipinski definition) is 2. The van der Waals surface area contributed by atoms with Crippen LogP contribution in [0.1, 0.15) is 48.2 Å². The van der Waals surface area contributed by atoms with Gasteiger partial charge in [0.1, 0.15) is 12.1 Å². The summed E-state index contributed by atoms with van der Waals surface area (Å²) in [6.45, 7) is 3.01. The van der Waals surface area contributed by atoms with Gasteiger partial charge in [0.05, 0.1) is 6.20 Å². The Kier molecular flexibility index (Phi) is 4.48. The molecule has 0 radical (unpaired) electrons. The largest absolute Gasteiger partial charge is 0.370 e. The van der Waals surface area contributed by atoms with Crippen molar-refractivity contribution in [2.75, 3.05) is 11.9 Å². The number of fused-ring (bicyclic) bond motifs is 1. The van der Waals surface area contributed by atoms with Gasteiger partial charge in [-0.1, -0.05) is 6.42 Å². The van der Waals surface area contributed by atoms with E-state index in [-0.39, 0.29) is 0 Å². The number of anilines is 1. The number of rotatable bonds is 5. The van der Waals surface area contributed by atoms with E-state index in [2.05, 4.69) is 32.4 Å². The van der Waals surface area contributed by atoms with Crippen LogP contribution in [0, 0.1) is 6.92 Å². The zero-order valence-electron chi connectivity index (χ0n) is 12.7. The van der Waals surface area contributed by atoms with E-state index in [0.29, 0.717) is 0 Å². The predicted octanol–water partition coefficient (Wildman–Crippen LogP) is 2.82. The summed E-state index contributed by atoms with van der Waals surface area (Å²) in [6, 6.07) is 0. The smallest absolute Gasteiger partial charge is 0.132 e. The van der Waals surface area contributed by atoms with Crippen molar-refractivity contribution in [1.29, 1.82) is 0 Å². The highest BCUT2D eigenvalue weighted by atomic mass is 15.1. The van der Waals surface area contributed by atoms with Crippen LogP contribution in [0.2, 0.25) is 0 Å². The molecule has 2 heterocycles. The molecule has 21 heavy (non-hydrogen) atoms. The summed E-state index contributed by atoms with van der Waals surface area (Å²) in [5, 5.41) is 10.5. The topological polar surface area (TPSA) is 66.5 Å². The van der Waals surface area contributed by atoms with E-state index in [1.165, 1.54) is 41.8 Å². The van der Waals surface area contributed by atoms with E-state index in [4.69, 9.17) is 0 Å². The second-order valence-corrected chi connectivity index (χ2v) is 5.76. The fourth-order valence-corrected chi connectivity index (χ4v) is 2.96. The van der Waals surface area contributed by atoms with Crippen LogP contribution in [0.4, 0.5) is 5.82 Å². The molecule has 3 rings (SSSR count). The molecule has 0 fully saturated rings. The Morgan fingerprint density at radius 1 is 1.19 bits per heavy atom. The molecule has 0 saturated heterocycles. The summed E-state index contributed by atoms with van der Waals surface area (Å²) in [7, 11) is 0. The Morgan fingerprint density at radius 3 is 2.95 bits per heavy atom. The maximum Gasteiger partial charge on any atom is 0.132 e. The van der Waals surface area contributed by atoms with E-state index in [0.717, 1.165) is 38.0 Å². The quantitative estimate of drug-likeness (QED) is 0.655. The third kappa shape index (κ3) is 3.40. The molecule has 1 aliphatic carbocycles. The standard InChI is InChI=1S/C16H23N5/c1-12-13(10-20-21-12)6-5-9-17-16-14-7-3-2-4-8-15(14)18-11-19-16/h10-11H,2-9H2,1H3,(H,20,21)(H,17,18,19). The van der Waals surface area contributed by atoms with Crippen LogP contribution in [0.3, 0.4) is 0 Å². The number of hydrogen-bond acceptors (Lipinski definition) is 4. The third-order valence-corrected chi connectivity index (χ3v) is 4.22. The zero-order chi connectivity index (χ0) is 14.5. The second-order valence-electron chi connectivity index (χ2n) is 5.76. The molecular weight excluding hydrogens is 262 g/mol. The maximum atomic E-state index is 4.46. The minimum Gasteiger partial charge on any atom is -0.370 e. The zero-order valence-corrected chi connectivity index (χ0v) is 12.7. The molecule has 0 amide bonds. The molecule has 2 N–H and O–H groups in total. The van der Waals surface area contributed by atoms with Crippen LogP contribution in [-0.2, 0) is 19.3 Å². The average molecular weight is 285 g/mol. The first kappa shape index (κ1) is 14.0. The van der Waals surface area contributed by atoms with Gasteiger partial charge in [0.15, 0.2) is 0 Å². The molecule has 0 aromatic carbocycles. The van der Waals surface area contributed by atoms with Gasteiger partial charge in [-0.3, -0.25) is 5.10 Å². The Labute approximate surface area is 125 Å². The van der Waals surface area contributed by atoms with Crippen molar-refractivity contribution in [3.63, 3.8) is 0 Å². The van der Waals surface area contributed by atoms with Crippen LogP contribution in [0.5, 0.6) is 0 Å². The van der Waals surface area contributed by atoms with Crippen molar-refractivity contribution in [3.05, 3.63) is 35.0 Å². The monoisotopic (exact) mass is 285 g/mol. The molecule has 5 nitrogen and oxygen atoms in total. The van der Waals surface area contributed by atoms with Gasteiger partial charge in [-0.15, -0.1) is 0 Å². The molecule has 0 aliphatic heterocycles. The molecule has 2 aromatic heterocycles. The molecule has 112 valence electrons. The number of aromatic nitrogens is 4. The fraction of sp³-hybridized carbons (Fsp3) is 0.562. The van der Waals surface area contributed by atoms with E-state index >= 15 is 0 Å². The van der Waals surface area contributed by atoms with Crippen LogP contribution < -0.4 is 5.32 Å². The summed E-state index contributed by atoms with van der Waals surface area (Å²) in [5.74, 6) is 1.05. The molecule has 0 spiro atoms. The van der Waals surface area contributed by atoms with Crippen molar-refractivity contribution >= 4 is 5.82 Å². The van der Waals surface area contributed by atoms with Gasteiger partial charge in [0.2, 0.25) is 0 Å². The number of nitrogens with zero attached hydrogens (tertiary/aromatic N) is 3. The molecule has 0 unspecified atom stereocenters. The molecule has 2 aromatic rings. The molecule has 5 heteroatoms. The van der Waals surface area contributed by atoms with E-state index in [9.17, 15) is 0 Å². The Hall–Kier alpha value is -1.91. The van der Waals surface area contributed by atoms with Crippen molar-refractivity contribution < 1.29 is 0 Å². The summed E-state index contributed by atoms with van der Waals surface area (Å²) in [5.41, 5.74) is 5.06. The summed E-state index contributed by atoms with van der Waals surface area (Å²) >= 11 is 0. The maximum absolute atomic E-state index is 4.46. The third-order valence-electron chi connectivity index (χ3n) is 4.22. The van der Waals surface area contributed by atoms with Crippen molar-refractivity contribution in [2.45, 2.75) is 51.9 Å². The van der Waals surface area contributed by atoms with Gasteiger partial charge < -0.3 is 5.32 Å². The highest BCUT2D eigenvalue weighted by molar-refractivity contribution is 5.46. The van der Waals surface area contributed by atoms with Gasteiger partial charge in [-0.05, 0) is 51.0 Å². The summed E-state index contributed by atoms with van der Waals surface area (Å²) < 4.78 is 0. The lowest BCUT2D eigenvalue weighted by Gasteiger charge is -2.12. The summed E-state index contributed by atoms with van der Waals surface area (Å²) in [4.78, 5) is 8.90. The first-order valence-electron chi connectivity index (χ1n) is 7.90. The van der Waals surface area contributed by atoms with E-state index in [1.54, 1.807) is 6.33 Å². The SMILES string of the molecule is Cc1[nH]ncc1CCCNc1ncnc2c1CCCCC2. The Balaban J connectivity index is 1.57. The fourth-order valence-electron chi connectivity index (χ4n) is 2.96. The first-order chi connectivity index (χ1) is 10.3. The van der Waals surface area contributed by atoms with Crippen LogP contribution in [-0.4, -0.2) is 26.7 Å². The number of aromatic amines is 1. The van der Waals surface area contributed by atoms with Crippen molar-refractivity contribution in [3.8, 4) is 0 Å². The molecule has 0 bridgehead atoms. The van der Waals surface area contributed by atoms with E-state index < -0.39 is 0 Å². The second kappa shape index (κ2) is 6.70. The van der Waals surface area contributed by atoms with Gasteiger partial charge in [0, 0.05) is 23.5 Å². The highest BCUT2D eigenvalue weighted by Crippen LogP contribution is 2.23. The van der Waals surface area contributed by atoms with Crippen LogP contribution in [0.25, 0.3) is 0 Å². The van der Waals surface area contributed by atoms with Gasteiger partial charge in [-0.2, -0.15) is 5.10 Å². The van der Waals surface area contributed by atoms with Gasteiger partial charge in [-0.25, -0.2) is 9.97 Å². The Bertz CT molecular complexity index is 590. The van der Waals surface area contributed by atoms with Crippen molar-refractivity contribution in [2.24, 2.45) is 0 Å². The minimum atomic E-state index is 0.939. The normalized spacial score (nSPS) is 14.5. The lowest BCUT2D eigenvalue weighted by atomic mass is 10.1. The number of H-pyrrole nitrogens is 1. The first-order valence-corrected chi connectivity index (χ1v) is 7.90. The number of aryl methyl sites for hydroxylation is 3. The lowest BCUT2D eigenvalue weighted by molar-refractivity contribution is 0.708. The average Bonchev–Trinajstić information content (AvgIpc) is 2.76. The predicted molar refractivity (Wildman–Crippen MR) is 83.4 cm³/mol. The minimum absolute atomic E-state index is 0.939. The van der Waals surface area contributed by atoms with Crippen molar-refractivity contribution in [1.82, 2.24) is 20.2 Å². The Morgan fingerprint density at radius 2 is 2.10 bits per heavy atom. The van der Waals surface area contributed by atoms with Crippen LogP contribution in [0.15, 0.2) is 12.5 Å². The lowest BCUT2D eigenvalue weighted by Crippen LogP contribution is -2.09. The number of nitrogens with one attached hydrogen (secondary N) is 2. The molecule has 1 aliphatic rings. The van der Waals surface area contributed by atoms with Gasteiger partial charge >= 0.3 is 0 Å². The molecule has 0 saturated carbocycles.